The SMILES string of the molecule is COc1cc(C#N)cc(OCCOc2ccc(N)cc2)c1. The highest BCUT2D eigenvalue weighted by atomic mass is 16.5. The third-order valence-electron chi connectivity index (χ3n) is 2.75. The lowest BCUT2D eigenvalue weighted by Crippen LogP contribution is -2.09. The van der Waals surface area contributed by atoms with Crippen molar-refractivity contribution in [3.05, 3.63) is 48.0 Å². The summed E-state index contributed by atoms with van der Waals surface area (Å²) in [4.78, 5) is 0. The van der Waals surface area contributed by atoms with E-state index in [4.69, 9.17) is 25.2 Å². The molecular weight excluding hydrogens is 268 g/mol. The molecule has 5 nitrogen and oxygen atoms in total. The van der Waals surface area contributed by atoms with Gasteiger partial charge in [-0.05, 0) is 36.4 Å². The molecule has 2 aromatic rings. The lowest BCUT2D eigenvalue weighted by atomic mass is 10.2. The first-order chi connectivity index (χ1) is 10.2. The van der Waals surface area contributed by atoms with Gasteiger partial charge < -0.3 is 19.9 Å². The molecule has 2 rings (SSSR count). The third-order valence-corrected chi connectivity index (χ3v) is 2.75. The molecule has 0 amide bonds. The number of nitrogen functional groups attached to an aromatic ring is 1. The molecule has 0 saturated heterocycles. The van der Waals surface area contributed by atoms with E-state index in [9.17, 15) is 0 Å². The van der Waals surface area contributed by atoms with E-state index in [0.29, 0.717) is 36.0 Å². The van der Waals surface area contributed by atoms with Crippen LogP contribution < -0.4 is 19.9 Å². The van der Waals surface area contributed by atoms with Gasteiger partial charge >= 0.3 is 0 Å². The van der Waals surface area contributed by atoms with Gasteiger partial charge in [-0.3, -0.25) is 0 Å². The fraction of sp³-hybridized carbons (Fsp3) is 0.188. The maximum atomic E-state index is 8.93. The maximum absolute atomic E-state index is 8.93. The monoisotopic (exact) mass is 284 g/mol. The molecule has 0 aliphatic rings. The van der Waals surface area contributed by atoms with Crippen molar-refractivity contribution < 1.29 is 14.2 Å². The first-order valence-corrected chi connectivity index (χ1v) is 6.41. The maximum Gasteiger partial charge on any atom is 0.124 e. The van der Waals surface area contributed by atoms with Gasteiger partial charge in [0.25, 0.3) is 0 Å². The van der Waals surface area contributed by atoms with E-state index in [-0.39, 0.29) is 0 Å². The Morgan fingerprint density at radius 3 is 2.19 bits per heavy atom. The van der Waals surface area contributed by atoms with Crippen LogP contribution in [0.1, 0.15) is 5.56 Å². The minimum atomic E-state index is 0.364. The lowest BCUT2D eigenvalue weighted by molar-refractivity contribution is 0.216. The number of nitrogens with zero attached hydrogens (tertiary/aromatic N) is 1. The van der Waals surface area contributed by atoms with Crippen molar-refractivity contribution in [1.82, 2.24) is 0 Å². The zero-order valence-corrected chi connectivity index (χ0v) is 11.7. The molecule has 0 bridgehead atoms. The van der Waals surface area contributed by atoms with Gasteiger partial charge in [0.1, 0.15) is 30.5 Å². The summed E-state index contributed by atoms with van der Waals surface area (Å²) in [7, 11) is 1.55. The second-order valence-electron chi connectivity index (χ2n) is 4.27. The number of rotatable bonds is 6. The van der Waals surface area contributed by atoms with Crippen molar-refractivity contribution >= 4 is 5.69 Å². The van der Waals surface area contributed by atoms with E-state index in [1.807, 2.05) is 0 Å². The average molecular weight is 284 g/mol. The summed E-state index contributed by atoms with van der Waals surface area (Å²) in [6.45, 7) is 0.755. The second-order valence-corrected chi connectivity index (χ2v) is 4.27. The average Bonchev–Trinajstić information content (AvgIpc) is 2.53. The van der Waals surface area contributed by atoms with Crippen LogP contribution in [0.4, 0.5) is 5.69 Å². The number of benzene rings is 2. The summed E-state index contributed by atoms with van der Waals surface area (Å²) in [5.41, 5.74) is 6.78. The smallest absolute Gasteiger partial charge is 0.124 e. The zero-order valence-electron chi connectivity index (χ0n) is 11.7. The molecule has 0 radical (unpaired) electrons. The molecule has 108 valence electrons. The highest BCUT2D eigenvalue weighted by Crippen LogP contribution is 2.22. The molecule has 2 N–H and O–H groups in total. The van der Waals surface area contributed by atoms with E-state index in [2.05, 4.69) is 6.07 Å². The molecule has 5 heteroatoms. The van der Waals surface area contributed by atoms with E-state index in [1.54, 1.807) is 49.6 Å². The third kappa shape index (κ3) is 4.32. The standard InChI is InChI=1S/C16H16N2O3/c1-19-15-8-12(11-17)9-16(10-15)21-7-6-20-14-4-2-13(18)3-5-14/h2-5,8-10H,6-7,18H2,1H3. The molecule has 0 heterocycles. The Bertz CT molecular complexity index is 633. The van der Waals surface area contributed by atoms with Crippen LogP contribution in [0.15, 0.2) is 42.5 Å². The molecule has 0 spiro atoms. The van der Waals surface area contributed by atoms with E-state index in [0.717, 1.165) is 5.75 Å². The summed E-state index contributed by atoms with van der Waals surface area (Å²) < 4.78 is 16.2. The molecule has 0 aliphatic carbocycles. The van der Waals surface area contributed by atoms with Crippen molar-refractivity contribution in [2.45, 2.75) is 0 Å². The van der Waals surface area contributed by atoms with E-state index < -0.39 is 0 Å². The Kier molecular flexibility index (Phi) is 4.89. The summed E-state index contributed by atoms with van der Waals surface area (Å²) in [5.74, 6) is 1.89. The van der Waals surface area contributed by atoms with Crippen LogP contribution in [-0.2, 0) is 0 Å². The number of ether oxygens (including phenoxy) is 3. The predicted molar refractivity (Wildman–Crippen MR) is 79.6 cm³/mol. The molecule has 0 aliphatic heterocycles. The number of anilines is 1. The summed E-state index contributed by atoms with van der Waals surface area (Å²) in [6.07, 6.45) is 0. The van der Waals surface area contributed by atoms with Gasteiger partial charge in [0.2, 0.25) is 0 Å². The van der Waals surface area contributed by atoms with Crippen molar-refractivity contribution in [2.24, 2.45) is 0 Å². The van der Waals surface area contributed by atoms with Gasteiger partial charge in [-0.1, -0.05) is 0 Å². The van der Waals surface area contributed by atoms with Gasteiger partial charge in [0.05, 0.1) is 18.7 Å². The van der Waals surface area contributed by atoms with Crippen LogP contribution in [0.3, 0.4) is 0 Å². The fourth-order valence-corrected chi connectivity index (χ4v) is 1.72. The minimum Gasteiger partial charge on any atom is -0.497 e. The Labute approximate surface area is 123 Å². The van der Waals surface area contributed by atoms with E-state index in [1.165, 1.54) is 0 Å². The zero-order chi connectivity index (χ0) is 15.1. The number of nitrogens with two attached hydrogens (primary N) is 1. The number of hydrogen-bond acceptors (Lipinski definition) is 5. The van der Waals surface area contributed by atoms with Crippen LogP contribution in [0, 0.1) is 11.3 Å². The van der Waals surface area contributed by atoms with Crippen molar-refractivity contribution in [3.63, 3.8) is 0 Å². The van der Waals surface area contributed by atoms with Gasteiger partial charge in [-0.25, -0.2) is 0 Å². The first kappa shape index (κ1) is 14.5. The van der Waals surface area contributed by atoms with Gasteiger partial charge in [0, 0.05) is 11.8 Å². The van der Waals surface area contributed by atoms with Gasteiger partial charge in [-0.15, -0.1) is 0 Å². The molecule has 21 heavy (non-hydrogen) atoms. The minimum absolute atomic E-state index is 0.364. The predicted octanol–water partition coefficient (Wildman–Crippen LogP) is 2.61. The Hall–Kier alpha value is -2.87. The quantitative estimate of drug-likeness (QED) is 0.651. The Morgan fingerprint density at radius 2 is 1.57 bits per heavy atom. The molecule has 2 aromatic carbocycles. The number of hydrogen-bond donors (Lipinski definition) is 1. The van der Waals surface area contributed by atoms with Crippen LogP contribution >= 0.6 is 0 Å². The molecular formula is C16H16N2O3. The van der Waals surface area contributed by atoms with Gasteiger partial charge in [0.15, 0.2) is 0 Å². The topological polar surface area (TPSA) is 77.5 Å². The lowest BCUT2D eigenvalue weighted by Gasteiger charge is -2.10. The fourth-order valence-electron chi connectivity index (χ4n) is 1.72. The summed E-state index contributed by atoms with van der Waals surface area (Å²) in [6, 6.07) is 14.2. The van der Waals surface area contributed by atoms with Crippen LogP contribution in [-0.4, -0.2) is 20.3 Å². The van der Waals surface area contributed by atoms with Crippen molar-refractivity contribution in [1.29, 1.82) is 5.26 Å². The number of methoxy groups -OCH3 is 1. The number of nitriles is 1. The molecule has 0 aromatic heterocycles. The molecule has 0 unspecified atom stereocenters. The summed E-state index contributed by atoms with van der Waals surface area (Å²) in [5, 5.41) is 8.93. The van der Waals surface area contributed by atoms with Crippen LogP contribution in [0.2, 0.25) is 0 Å². The van der Waals surface area contributed by atoms with Crippen LogP contribution in [0.5, 0.6) is 17.2 Å². The second kappa shape index (κ2) is 7.06. The van der Waals surface area contributed by atoms with Gasteiger partial charge in [-0.2, -0.15) is 5.26 Å². The Balaban J connectivity index is 1.86. The molecule has 0 atom stereocenters. The van der Waals surface area contributed by atoms with Crippen LogP contribution in [0.25, 0.3) is 0 Å². The van der Waals surface area contributed by atoms with Crippen molar-refractivity contribution in [2.75, 3.05) is 26.1 Å². The molecule has 0 saturated carbocycles. The summed E-state index contributed by atoms with van der Waals surface area (Å²) >= 11 is 0. The highest BCUT2D eigenvalue weighted by molar-refractivity contribution is 5.44. The normalized spacial score (nSPS) is 9.71. The highest BCUT2D eigenvalue weighted by Gasteiger charge is 2.02. The van der Waals surface area contributed by atoms with Crippen molar-refractivity contribution in [3.8, 4) is 23.3 Å². The first-order valence-electron chi connectivity index (χ1n) is 6.41. The molecule has 0 fully saturated rings. The Morgan fingerprint density at radius 1 is 0.952 bits per heavy atom. The van der Waals surface area contributed by atoms with E-state index >= 15 is 0 Å². The largest absolute Gasteiger partial charge is 0.497 e.